The summed E-state index contributed by atoms with van der Waals surface area (Å²) in [5.41, 5.74) is 1.70. The second-order valence-electron chi connectivity index (χ2n) is 4.11. The van der Waals surface area contributed by atoms with Gasteiger partial charge in [-0.15, -0.1) is 11.3 Å². The first-order chi connectivity index (χ1) is 10.1. The molecule has 0 bridgehead atoms. The smallest absolute Gasteiger partial charge is 0.411 e. The standard InChI is InChI=1S/C14H14Br2N2O2S/c1-2-20-14(19)18-10-5-3-9(4-6-10)17-8-11-7-12(15)13(16)21-11/h3-7,17H,2,8H2,1H3,(H,18,19). The van der Waals surface area contributed by atoms with Crippen LogP contribution >= 0.6 is 43.2 Å². The van der Waals surface area contributed by atoms with E-state index in [-0.39, 0.29) is 0 Å². The molecule has 0 aliphatic heterocycles. The Kier molecular flexibility index (Phi) is 6.08. The van der Waals surface area contributed by atoms with Gasteiger partial charge < -0.3 is 10.1 Å². The molecule has 0 saturated heterocycles. The Bertz CT molecular complexity index is 594. The molecule has 2 aromatic rings. The van der Waals surface area contributed by atoms with Crippen LogP contribution in [0.5, 0.6) is 0 Å². The Morgan fingerprint density at radius 2 is 1.90 bits per heavy atom. The van der Waals surface area contributed by atoms with Crippen molar-refractivity contribution in [3.63, 3.8) is 0 Å². The van der Waals surface area contributed by atoms with Crippen LogP contribution < -0.4 is 10.6 Å². The maximum absolute atomic E-state index is 11.3. The fourth-order valence-corrected chi connectivity index (χ4v) is 3.74. The van der Waals surface area contributed by atoms with Gasteiger partial charge in [0.1, 0.15) is 0 Å². The van der Waals surface area contributed by atoms with Crippen molar-refractivity contribution in [3.8, 4) is 0 Å². The molecule has 0 atom stereocenters. The van der Waals surface area contributed by atoms with Crippen molar-refractivity contribution >= 4 is 60.7 Å². The van der Waals surface area contributed by atoms with Gasteiger partial charge in [-0.1, -0.05) is 0 Å². The summed E-state index contributed by atoms with van der Waals surface area (Å²) in [5, 5.41) is 5.99. The van der Waals surface area contributed by atoms with Crippen LogP contribution in [0.15, 0.2) is 38.6 Å². The first-order valence-electron chi connectivity index (χ1n) is 6.30. The molecule has 0 saturated carbocycles. The van der Waals surface area contributed by atoms with Crippen molar-refractivity contribution < 1.29 is 9.53 Å². The third-order valence-electron chi connectivity index (χ3n) is 2.57. The Morgan fingerprint density at radius 1 is 1.24 bits per heavy atom. The molecule has 21 heavy (non-hydrogen) atoms. The molecule has 0 unspecified atom stereocenters. The van der Waals surface area contributed by atoms with Gasteiger partial charge in [-0.2, -0.15) is 0 Å². The van der Waals surface area contributed by atoms with E-state index in [1.165, 1.54) is 4.88 Å². The van der Waals surface area contributed by atoms with Crippen LogP contribution in [0.1, 0.15) is 11.8 Å². The number of hydrogen-bond donors (Lipinski definition) is 2. The Labute approximate surface area is 144 Å². The first-order valence-corrected chi connectivity index (χ1v) is 8.70. The van der Waals surface area contributed by atoms with Crippen molar-refractivity contribution in [3.05, 3.63) is 43.5 Å². The highest BCUT2D eigenvalue weighted by Gasteiger charge is 2.04. The van der Waals surface area contributed by atoms with Gasteiger partial charge in [-0.05, 0) is 69.1 Å². The van der Waals surface area contributed by atoms with Crippen molar-refractivity contribution in [2.24, 2.45) is 0 Å². The molecular weight excluding hydrogens is 420 g/mol. The van der Waals surface area contributed by atoms with Crippen molar-refractivity contribution in [1.82, 2.24) is 0 Å². The maximum Gasteiger partial charge on any atom is 0.411 e. The Hall–Kier alpha value is -1.05. The molecule has 0 aliphatic rings. The third-order valence-corrected chi connectivity index (χ3v) is 5.83. The number of amides is 1. The van der Waals surface area contributed by atoms with Gasteiger partial charge in [0.15, 0.2) is 0 Å². The van der Waals surface area contributed by atoms with Crippen molar-refractivity contribution in [2.75, 3.05) is 17.2 Å². The zero-order valence-electron chi connectivity index (χ0n) is 11.3. The number of ether oxygens (including phenoxy) is 1. The Morgan fingerprint density at radius 3 is 2.48 bits per heavy atom. The van der Waals surface area contributed by atoms with E-state index in [1.807, 2.05) is 24.3 Å². The lowest BCUT2D eigenvalue weighted by atomic mass is 10.3. The number of benzene rings is 1. The molecule has 1 aromatic carbocycles. The van der Waals surface area contributed by atoms with E-state index in [0.717, 1.165) is 20.5 Å². The second-order valence-corrected chi connectivity index (χ2v) is 7.42. The highest BCUT2D eigenvalue weighted by molar-refractivity contribution is 9.13. The molecule has 0 fully saturated rings. The summed E-state index contributed by atoms with van der Waals surface area (Å²) in [6, 6.07) is 9.58. The summed E-state index contributed by atoms with van der Waals surface area (Å²) in [7, 11) is 0. The lowest BCUT2D eigenvalue weighted by Crippen LogP contribution is -2.13. The number of rotatable bonds is 5. The monoisotopic (exact) mass is 432 g/mol. The van der Waals surface area contributed by atoms with Gasteiger partial charge in [-0.3, -0.25) is 5.32 Å². The van der Waals surface area contributed by atoms with Crippen LogP contribution in [-0.2, 0) is 11.3 Å². The molecule has 0 spiro atoms. The minimum absolute atomic E-state index is 0.359. The van der Waals surface area contributed by atoms with Crippen LogP contribution in [0.3, 0.4) is 0 Å². The van der Waals surface area contributed by atoms with Crippen LogP contribution in [0.2, 0.25) is 0 Å². The Balaban J connectivity index is 1.88. The zero-order valence-corrected chi connectivity index (χ0v) is 15.3. The van der Waals surface area contributed by atoms with E-state index in [1.54, 1.807) is 18.3 Å². The number of carbonyl (C=O) groups excluding carboxylic acids is 1. The zero-order chi connectivity index (χ0) is 15.2. The molecule has 1 amide bonds. The molecule has 2 N–H and O–H groups in total. The van der Waals surface area contributed by atoms with Crippen molar-refractivity contribution in [1.29, 1.82) is 0 Å². The quantitative estimate of drug-likeness (QED) is 0.658. The van der Waals surface area contributed by atoms with E-state index in [2.05, 4.69) is 48.6 Å². The predicted octanol–water partition coefficient (Wildman–Crippen LogP) is 5.45. The molecular formula is C14H14Br2N2O2S. The van der Waals surface area contributed by atoms with Gasteiger partial charge in [0, 0.05) is 27.3 Å². The lowest BCUT2D eigenvalue weighted by Gasteiger charge is -2.08. The topological polar surface area (TPSA) is 50.4 Å². The summed E-state index contributed by atoms with van der Waals surface area (Å²) in [6.45, 7) is 2.88. The summed E-state index contributed by atoms with van der Waals surface area (Å²) in [6.07, 6.45) is -0.438. The number of carbonyl (C=O) groups is 1. The van der Waals surface area contributed by atoms with Crippen LogP contribution in [0.4, 0.5) is 16.2 Å². The van der Waals surface area contributed by atoms with E-state index < -0.39 is 6.09 Å². The molecule has 0 aliphatic carbocycles. The highest BCUT2D eigenvalue weighted by Crippen LogP contribution is 2.32. The first kappa shape index (κ1) is 16.3. The van der Waals surface area contributed by atoms with Crippen LogP contribution in [0, 0.1) is 0 Å². The summed E-state index contributed by atoms with van der Waals surface area (Å²) < 4.78 is 6.98. The van der Waals surface area contributed by atoms with Gasteiger partial charge in [-0.25, -0.2) is 4.79 Å². The number of halogens is 2. The minimum Gasteiger partial charge on any atom is -0.450 e. The molecule has 1 heterocycles. The lowest BCUT2D eigenvalue weighted by molar-refractivity contribution is 0.168. The average Bonchev–Trinajstić information content (AvgIpc) is 2.77. The molecule has 7 heteroatoms. The van der Waals surface area contributed by atoms with Crippen LogP contribution in [0.25, 0.3) is 0 Å². The number of anilines is 2. The molecule has 2 rings (SSSR count). The van der Waals surface area contributed by atoms with Gasteiger partial charge in [0.25, 0.3) is 0 Å². The third kappa shape index (κ3) is 5.01. The number of hydrogen-bond acceptors (Lipinski definition) is 4. The van der Waals surface area contributed by atoms with E-state index >= 15 is 0 Å². The van der Waals surface area contributed by atoms with Gasteiger partial charge in [0.2, 0.25) is 0 Å². The fraction of sp³-hybridized carbons (Fsp3) is 0.214. The molecule has 0 radical (unpaired) electrons. The summed E-state index contributed by atoms with van der Waals surface area (Å²) in [5.74, 6) is 0. The minimum atomic E-state index is -0.438. The normalized spacial score (nSPS) is 10.2. The fourth-order valence-electron chi connectivity index (χ4n) is 1.62. The average molecular weight is 434 g/mol. The predicted molar refractivity (Wildman–Crippen MR) is 94.1 cm³/mol. The van der Waals surface area contributed by atoms with Gasteiger partial charge >= 0.3 is 6.09 Å². The van der Waals surface area contributed by atoms with E-state index in [9.17, 15) is 4.79 Å². The molecule has 112 valence electrons. The largest absolute Gasteiger partial charge is 0.450 e. The van der Waals surface area contributed by atoms with Crippen LogP contribution in [-0.4, -0.2) is 12.7 Å². The van der Waals surface area contributed by atoms with Gasteiger partial charge in [0.05, 0.1) is 10.4 Å². The molecule has 4 nitrogen and oxygen atoms in total. The summed E-state index contributed by atoms with van der Waals surface area (Å²) >= 11 is 8.63. The SMILES string of the molecule is CCOC(=O)Nc1ccc(NCc2cc(Br)c(Br)s2)cc1. The number of nitrogens with one attached hydrogen (secondary N) is 2. The maximum atomic E-state index is 11.3. The summed E-state index contributed by atoms with van der Waals surface area (Å²) in [4.78, 5) is 12.5. The van der Waals surface area contributed by atoms with E-state index in [4.69, 9.17) is 4.74 Å². The van der Waals surface area contributed by atoms with E-state index in [0.29, 0.717) is 12.3 Å². The second kappa shape index (κ2) is 7.82. The van der Waals surface area contributed by atoms with Crippen molar-refractivity contribution in [2.45, 2.75) is 13.5 Å². The number of thiophene rings is 1. The molecule has 1 aromatic heterocycles. The highest BCUT2D eigenvalue weighted by atomic mass is 79.9.